The lowest BCUT2D eigenvalue weighted by atomic mass is 10.1. The summed E-state index contributed by atoms with van der Waals surface area (Å²) in [5.74, 6) is -0.0116. The van der Waals surface area contributed by atoms with Crippen LogP contribution >= 0.6 is 11.6 Å². The van der Waals surface area contributed by atoms with Crippen molar-refractivity contribution in [2.24, 2.45) is 0 Å². The first-order valence-electron chi connectivity index (χ1n) is 7.97. The molecule has 2 amide bonds. The van der Waals surface area contributed by atoms with E-state index in [1.165, 1.54) is 12.1 Å². The summed E-state index contributed by atoms with van der Waals surface area (Å²) in [6.45, 7) is 0.761. The van der Waals surface area contributed by atoms with E-state index in [0.29, 0.717) is 25.3 Å². The number of halogens is 1. The Morgan fingerprint density at radius 2 is 1.73 bits per heavy atom. The number of carbonyl (C=O) groups excluding carboxylic acids is 2. The SMILES string of the molecule is O=C(NCCCNC(=O)c1ccc(Cl)o1)c1cc(-c2ccccc2)on1. The van der Waals surface area contributed by atoms with Gasteiger partial charge in [0.2, 0.25) is 0 Å². The van der Waals surface area contributed by atoms with Crippen LogP contribution in [0, 0.1) is 0 Å². The minimum Gasteiger partial charge on any atom is -0.440 e. The second-order valence-electron chi connectivity index (χ2n) is 5.41. The molecule has 134 valence electrons. The van der Waals surface area contributed by atoms with Crippen LogP contribution in [0.5, 0.6) is 0 Å². The molecule has 0 spiro atoms. The summed E-state index contributed by atoms with van der Waals surface area (Å²) in [5, 5.41) is 9.34. The Morgan fingerprint density at radius 1 is 1.00 bits per heavy atom. The summed E-state index contributed by atoms with van der Waals surface area (Å²) in [6, 6.07) is 14.0. The van der Waals surface area contributed by atoms with Crippen LogP contribution in [-0.2, 0) is 0 Å². The van der Waals surface area contributed by atoms with Gasteiger partial charge in [-0.1, -0.05) is 35.5 Å². The van der Waals surface area contributed by atoms with Crippen molar-refractivity contribution in [1.82, 2.24) is 15.8 Å². The van der Waals surface area contributed by atoms with Gasteiger partial charge in [-0.3, -0.25) is 9.59 Å². The van der Waals surface area contributed by atoms with Crippen LogP contribution in [0.25, 0.3) is 11.3 Å². The van der Waals surface area contributed by atoms with Gasteiger partial charge in [-0.05, 0) is 30.2 Å². The van der Waals surface area contributed by atoms with Crippen LogP contribution in [0.15, 0.2) is 57.5 Å². The van der Waals surface area contributed by atoms with E-state index in [1.807, 2.05) is 30.3 Å². The van der Waals surface area contributed by atoms with E-state index in [-0.39, 0.29) is 28.5 Å². The fourth-order valence-corrected chi connectivity index (χ4v) is 2.37. The van der Waals surface area contributed by atoms with Gasteiger partial charge >= 0.3 is 0 Å². The quantitative estimate of drug-likeness (QED) is 0.620. The molecule has 26 heavy (non-hydrogen) atoms. The molecule has 3 rings (SSSR count). The number of amides is 2. The largest absolute Gasteiger partial charge is 0.440 e. The van der Waals surface area contributed by atoms with Crippen LogP contribution in [0.1, 0.15) is 27.5 Å². The zero-order valence-corrected chi connectivity index (χ0v) is 14.5. The van der Waals surface area contributed by atoms with Gasteiger partial charge in [0.25, 0.3) is 11.8 Å². The van der Waals surface area contributed by atoms with Crippen LogP contribution in [0.2, 0.25) is 5.22 Å². The molecule has 8 heteroatoms. The fraction of sp³-hybridized carbons (Fsp3) is 0.167. The smallest absolute Gasteiger partial charge is 0.287 e. The molecule has 3 aromatic rings. The maximum atomic E-state index is 12.1. The zero-order chi connectivity index (χ0) is 18.4. The highest BCUT2D eigenvalue weighted by Crippen LogP contribution is 2.19. The summed E-state index contributed by atoms with van der Waals surface area (Å²) in [4.78, 5) is 23.8. The van der Waals surface area contributed by atoms with Crippen molar-refractivity contribution in [3.05, 3.63) is 65.2 Å². The predicted molar refractivity (Wildman–Crippen MR) is 94.9 cm³/mol. The van der Waals surface area contributed by atoms with Crippen molar-refractivity contribution >= 4 is 23.4 Å². The number of aromatic nitrogens is 1. The summed E-state index contributed by atoms with van der Waals surface area (Å²) in [6.07, 6.45) is 0.551. The third-order valence-corrected chi connectivity index (χ3v) is 3.73. The van der Waals surface area contributed by atoms with Crippen molar-refractivity contribution in [3.63, 3.8) is 0 Å². The Labute approximate surface area is 154 Å². The van der Waals surface area contributed by atoms with Gasteiger partial charge < -0.3 is 19.6 Å². The first kappa shape index (κ1) is 17.8. The first-order chi connectivity index (χ1) is 12.6. The molecule has 0 fully saturated rings. The minimum atomic E-state index is -0.354. The maximum absolute atomic E-state index is 12.1. The Bertz CT molecular complexity index is 889. The monoisotopic (exact) mass is 373 g/mol. The van der Waals surface area contributed by atoms with Crippen LogP contribution in [0.4, 0.5) is 0 Å². The van der Waals surface area contributed by atoms with Gasteiger partial charge in [-0.15, -0.1) is 0 Å². The van der Waals surface area contributed by atoms with E-state index in [9.17, 15) is 9.59 Å². The molecule has 0 unspecified atom stereocenters. The number of benzene rings is 1. The molecule has 0 radical (unpaired) electrons. The Balaban J connectivity index is 1.40. The van der Waals surface area contributed by atoms with E-state index in [4.69, 9.17) is 20.5 Å². The Morgan fingerprint density at radius 3 is 2.42 bits per heavy atom. The molecule has 0 saturated carbocycles. The number of nitrogens with one attached hydrogen (secondary N) is 2. The van der Waals surface area contributed by atoms with E-state index in [0.717, 1.165) is 5.56 Å². The van der Waals surface area contributed by atoms with E-state index < -0.39 is 0 Å². The highest BCUT2D eigenvalue weighted by atomic mass is 35.5. The predicted octanol–water partition coefficient (Wildman–Crippen LogP) is 3.14. The maximum Gasteiger partial charge on any atom is 0.287 e. The Hall–Kier alpha value is -3.06. The third-order valence-electron chi connectivity index (χ3n) is 3.52. The average molecular weight is 374 g/mol. The van der Waals surface area contributed by atoms with Crippen LogP contribution < -0.4 is 10.6 Å². The normalized spacial score (nSPS) is 10.5. The summed E-state index contributed by atoms with van der Waals surface area (Å²) < 4.78 is 10.2. The van der Waals surface area contributed by atoms with Crippen molar-refractivity contribution in [1.29, 1.82) is 0 Å². The lowest BCUT2D eigenvalue weighted by molar-refractivity contribution is 0.0925. The molecule has 7 nitrogen and oxygen atoms in total. The summed E-state index contributed by atoms with van der Waals surface area (Å²) >= 11 is 5.61. The number of rotatable bonds is 7. The van der Waals surface area contributed by atoms with E-state index in [1.54, 1.807) is 6.07 Å². The molecule has 0 aliphatic heterocycles. The van der Waals surface area contributed by atoms with Gasteiger partial charge in [-0.25, -0.2) is 0 Å². The first-order valence-corrected chi connectivity index (χ1v) is 8.35. The van der Waals surface area contributed by atoms with Gasteiger partial charge in [0.05, 0.1) is 0 Å². The van der Waals surface area contributed by atoms with E-state index >= 15 is 0 Å². The van der Waals surface area contributed by atoms with Crippen molar-refractivity contribution in [3.8, 4) is 11.3 Å². The molecule has 2 N–H and O–H groups in total. The average Bonchev–Trinajstić information content (AvgIpc) is 3.31. The lowest BCUT2D eigenvalue weighted by Gasteiger charge is -2.04. The van der Waals surface area contributed by atoms with Gasteiger partial charge in [-0.2, -0.15) is 0 Å². The molecule has 0 aliphatic rings. The zero-order valence-electron chi connectivity index (χ0n) is 13.7. The van der Waals surface area contributed by atoms with Crippen molar-refractivity contribution in [2.75, 3.05) is 13.1 Å². The highest BCUT2D eigenvalue weighted by Gasteiger charge is 2.13. The lowest BCUT2D eigenvalue weighted by Crippen LogP contribution is -2.29. The Kier molecular flexibility index (Phi) is 5.70. The summed E-state index contributed by atoms with van der Waals surface area (Å²) in [5.41, 5.74) is 1.05. The van der Waals surface area contributed by atoms with Gasteiger partial charge in [0.1, 0.15) is 0 Å². The molecule has 2 aromatic heterocycles. The van der Waals surface area contributed by atoms with Crippen LogP contribution in [-0.4, -0.2) is 30.1 Å². The minimum absolute atomic E-state index is 0.148. The molecule has 0 aliphatic carbocycles. The highest BCUT2D eigenvalue weighted by molar-refractivity contribution is 6.29. The fourth-order valence-electron chi connectivity index (χ4n) is 2.23. The second-order valence-corrected chi connectivity index (χ2v) is 5.78. The number of hydrogen-bond donors (Lipinski definition) is 2. The van der Waals surface area contributed by atoms with Crippen molar-refractivity contribution in [2.45, 2.75) is 6.42 Å². The third kappa shape index (κ3) is 4.52. The topological polar surface area (TPSA) is 97.4 Å². The summed E-state index contributed by atoms with van der Waals surface area (Å²) in [7, 11) is 0. The molecule has 0 bridgehead atoms. The van der Waals surface area contributed by atoms with Crippen molar-refractivity contribution < 1.29 is 18.5 Å². The number of furan rings is 1. The molecule has 1 aromatic carbocycles. The molecule has 0 saturated heterocycles. The van der Waals surface area contributed by atoms with Crippen LogP contribution in [0.3, 0.4) is 0 Å². The standard InChI is InChI=1S/C18H16ClN3O4/c19-16-8-7-14(25-16)18(24)21-10-4-9-20-17(23)13-11-15(26-22-13)12-5-2-1-3-6-12/h1-3,5-8,11H,4,9-10H2,(H,20,23)(H,21,24). The molecule has 2 heterocycles. The number of nitrogens with zero attached hydrogens (tertiary/aromatic N) is 1. The second kappa shape index (κ2) is 8.35. The van der Waals surface area contributed by atoms with E-state index in [2.05, 4.69) is 15.8 Å². The van der Waals surface area contributed by atoms with Gasteiger partial charge in [0, 0.05) is 24.7 Å². The molecular weight excluding hydrogens is 358 g/mol. The molecule has 0 atom stereocenters. The number of carbonyl (C=O) groups is 2. The van der Waals surface area contributed by atoms with Gasteiger partial charge in [0.15, 0.2) is 22.4 Å². The number of hydrogen-bond acceptors (Lipinski definition) is 5. The molecular formula is C18H16ClN3O4.